The molecule has 1 aliphatic heterocycles. The molecule has 1 aromatic heterocycles. The van der Waals surface area contributed by atoms with Gasteiger partial charge in [0, 0.05) is 25.1 Å². The summed E-state index contributed by atoms with van der Waals surface area (Å²) in [4.78, 5) is 19.8. The average molecular weight is 341 g/mol. The van der Waals surface area contributed by atoms with Crippen LogP contribution in [0.4, 0.5) is 5.95 Å². The number of aryl methyl sites for hydroxylation is 1. The average Bonchev–Trinajstić information content (AvgIpc) is 3.10. The molecule has 2 aromatic rings. The monoisotopic (exact) mass is 341 g/mol. The van der Waals surface area contributed by atoms with E-state index in [2.05, 4.69) is 53.4 Å². The van der Waals surface area contributed by atoms with E-state index in [1.807, 2.05) is 6.92 Å². The van der Waals surface area contributed by atoms with Crippen LogP contribution in [0.1, 0.15) is 55.0 Å². The maximum absolute atomic E-state index is 12.5. The van der Waals surface area contributed by atoms with Crippen molar-refractivity contribution in [1.29, 1.82) is 0 Å². The maximum Gasteiger partial charge on any atom is 0.256 e. The van der Waals surface area contributed by atoms with Gasteiger partial charge in [-0.3, -0.25) is 9.78 Å². The van der Waals surface area contributed by atoms with E-state index in [1.54, 1.807) is 0 Å². The van der Waals surface area contributed by atoms with Crippen LogP contribution < -0.4 is 10.9 Å². The van der Waals surface area contributed by atoms with Crippen molar-refractivity contribution in [2.75, 3.05) is 18.5 Å². The Hall–Kier alpha value is -2.14. The van der Waals surface area contributed by atoms with Crippen molar-refractivity contribution < 1.29 is 4.74 Å². The van der Waals surface area contributed by atoms with Crippen LogP contribution in [0.15, 0.2) is 29.1 Å². The zero-order valence-electron chi connectivity index (χ0n) is 15.3. The smallest absolute Gasteiger partial charge is 0.256 e. The van der Waals surface area contributed by atoms with Crippen molar-refractivity contribution in [1.82, 2.24) is 9.97 Å². The third-order valence-corrected chi connectivity index (χ3v) is 4.77. The zero-order valence-corrected chi connectivity index (χ0v) is 15.3. The third-order valence-electron chi connectivity index (χ3n) is 4.77. The highest BCUT2D eigenvalue weighted by Crippen LogP contribution is 2.17. The third kappa shape index (κ3) is 4.48. The molecule has 1 aromatic carbocycles. The summed E-state index contributed by atoms with van der Waals surface area (Å²) >= 11 is 0. The molecule has 5 nitrogen and oxygen atoms in total. The van der Waals surface area contributed by atoms with Crippen molar-refractivity contribution in [2.24, 2.45) is 0 Å². The number of rotatable bonds is 6. The molecule has 1 atom stereocenters. The maximum atomic E-state index is 12.5. The van der Waals surface area contributed by atoms with Gasteiger partial charge in [-0.1, -0.05) is 38.1 Å². The molecule has 0 spiro atoms. The Bertz CT molecular complexity index is 760. The van der Waals surface area contributed by atoms with Gasteiger partial charge in [0.1, 0.15) is 0 Å². The lowest BCUT2D eigenvalue weighted by atomic mass is 9.99. The molecular formula is C20H27N3O2. The lowest BCUT2D eigenvalue weighted by molar-refractivity contribution is 0.120. The van der Waals surface area contributed by atoms with E-state index >= 15 is 0 Å². The number of nitrogens with one attached hydrogen (secondary N) is 2. The van der Waals surface area contributed by atoms with Crippen molar-refractivity contribution in [3.8, 4) is 0 Å². The van der Waals surface area contributed by atoms with Crippen molar-refractivity contribution in [2.45, 2.75) is 52.1 Å². The molecule has 1 fully saturated rings. The largest absolute Gasteiger partial charge is 0.376 e. The van der Waals surface area contributed by atoms with Gasteiger partial charge in [-0.25, -0.2) is 4.98 Å². The van der Waals surface area contributed by atoms with Crippen LogP contribution in [-0.2, 0) is 11.2 Å². The first kappa shape index (κ1) is 17.7. The normalized spacial score (nSPS) is 17.2. The zero-order chi connectivity index (χ0) is 17.8. The van der Waals surface area contributed by atoms with Crippen LogP contribution in [0, 0.1) is 6.92 Å². The number of ether oxygens (including phenoxy) is 1. The van der Waals surface area contributed by atoms with Crippen LogP contribution in [0.2, 0.25) is 0 Å². The molecule has 2 heterocycles. The van der Waals surface area contributed by atoms with E-state index in [9.17, 15) is 4.79 Å². The molecule has 2 N–H and O–H groups in total. The predicted molar refractivity (Wildman–Crippen MR) is 100 cm³/mol. The van der Waals surface area contributed by atoms with E-state index in [-0.39, 0.29) is 11.7 Å². The molecular weight excluding hydrogens is 314 g/mol. The first-order chi connectivity index (χ1) is 12.0. The minimum Gasteiger partial charge on any atom is -0.376 e. The Morgan fingerprint density at radius 2 is 2.08 bits per heavy atom. The molecule has 0 bridgehead atoms. The topological polar surface area (TPSA) is 67.0 Å². The lowest BCUT2D eigenvalue weighted by Gasteiger charge is -2.13. The summed E-state index contributed by atoms with van der Waals surface area (Å²) in [6, 6.07) is 8.46. The van der Waals surface area contributed by atoms with E-state index in [0.29, 0.717) is 24.8 Å². The second-order valence-electron chi connectivity index (χ2n) is 7.07. The fraction of sp³-hybridized carbons (Fsp3) is 0.500. The second kappa shape index (κ2) is 7.83. The Kier molecular flexibility index (Phi) is 5.53. The summed E-state index contributed by atoms with van der Waals surface area (Å²) in [5, 5.41) is 3.19. The highest BCUT2D eigenvalue weighted by Gasteiger charge is 2.16. The predicted octanol–water partition coefficient (Wildman–Crippen LogP) is 3.38. The number of aromatic nitrogens is 2. The van der Waals surface area contributed by atoms with Crippen molar-refractivity contribution >= 4 is 5.95 Å². The summed E-state index contributed by atoms with van der Waals surface area (Å²) in [7, 11) is 0. The lowest BCUT2D eigenvalue weighted by Crippen LogP contribution is -2.24. The Balaban J connectivity index is 1.70. The van der Waals surface area contributed by atoms with Crippen LogP contribution >= 0.6 is 0 Å². The molecule has 5 heteroatoms. The SMILES string of the molecule is Cc1nc(NCC2CCCO2)[nH]c(=O)c1Cc1ccc(C(C)C)cc1. The number of anilines is 1. The van der Waals surface area contributed by atoms with Crippen LogP contribution in [0.5, 0.6) is 0 Å². The highest BCUT2D eigenvalue weighted by atomic mass is 16.5. The number of hydrogen-bond acceptors (Lipinski definition) is 4. The fourth-order valence-corrected chi connectivity index (χ4v) is 3.14. The molecule has 3 rings (SSSR count). The molecule has 0 aliphatic carbocycles. The van der Waals surface area contributed by atoms with Gasteiger partial charge < -0.3 is 10.1 Å². The van der Waals surface area contributed by atoms with E-state index in [1.165, 1.54) is 5.56 Å². The number of aromatic amines is 1. The summed E-state index contributed by atoms with van der Waals surface area (Å²) < 4.78 is 5.58. The minimum absolute atomic E-state index is 0.0738. The van der Waals surface area contributed by atoms with Gasteiger partial charge >= 0.3 is 0 Å². The number of hydrogen-bond donors (Lipinski definition) is 2. The number of H-pyrrole nitrogens is 1. The molecule has 1 unspecified atom stereocenters. The summed E-state index contributed by atoms with van der Waals surface area (Å²) in [6.45, 7) is 7.75. The highest BCUT2D eigenvalue weighted by molar-refractivity contribution is 5.34. The molecule has 0 saturated carbocycles. The Morgan fingerprint density at radius 1 is 1.32 bits per heavy atom. The summed E-state index contributed by atoms with van der Waals surface area (Å²) in [5.41, 5.74) is 3.85. The van der Waals surface area contributed by atoms with Crippen LogP contribution in [0.25, 0.3) is 0 Å². The molecule has 1 saturated heterocycles. The van der Waals surface area contributed by atoms with E-state index in [4.69, 9.17) is 4.74 Å². The molecule has 1 aliphatic rings. The molecule has 134 valence electrons. The first-order valence-electron chi connectivity index (χ1n) is 9.07. The fourth-order valence-electron chi connectivity index (χ4n) is 3.14. The Morgan fingerprint density at radius 3 is 2.68 bits per heavy atom. The minimum atomic E-state index is -0.0738. The molecule has 0 radical (unpaired) electrons. The second-order valence-corrected chi connectivity index (χ2v) is 7.07. The van der Waals surface area contributed by atoms with Crippen molar-refractivity contribution in [3.63, 3.8) is 0 Å². The van der Waals surface area contributed by atoms with Gasteiger partial charge in [0.05, 0.1) is 11.8 Å². The van der Waals surface area contributed by atoms with Gasteiger partial charge in [0.2, 0.25) is 5.95 Å². The van der Waals surface area contributed by atoms with Gasteiger partial charge in [-0.2, -0.15) is 0 Å². The summed E-state index contributed by atoms with van der Waals surface area (Å²) in [6.07, 6.45) is 2.97. The van der Waals surface area contributed by atoms with E-state index in [0.717, 1.165) is 36.3 Å². The summed E-state index contributed by atoms with van der Waals surface area (Å²) in [5.74, 6) is 1.03. The quantitative estimate of drug-likeness (QED) is 0.845. The number of nitrogens with zero attached hydrogens (tertiary/aromatic N) is 1. The van der Waals surface area contributed by atoms with Crippen LogP contribution in [-0.4, -0.2) is 29.2 Å². The van der Waals surface area contributed by atoms with Crippen molar-refractivity contribution in [3.05, 3.63) is 57.0 Å². The van der Waals surface area contributed by atoms with Gasteiger partial charge in [0.25, 0.3) is 5.56 Å². The first-order valence-corrected chi connectivity index (χ1v) is 9.07. The van der Waals surface area contributed by atoms with E-state index < -0.39 is 0 Å². The number of benzene rings is 1. The molecule has 0 amide bonds. The van der Waals surface area contributed by atoms with Gasteiger partial charge in [-0.15, -0.1) is 0 Å². The Labute approximate surface area is 148 Å². The van der Waals surface area contributed by atoms with Gasteiger partial charge in [0.15, 0.2) is 0 Å². The standard InChI is InChI=1S/C20H27N3O2/c1-13(2)16-8-6-15(7-9-16)11-18-14(3)22-20(23-19(18)24)21-12-17-5-4-10-25-17/h6-9,13,17H,4-5,10-12H2,1-3H3,(H2,21,22,23,24). The molecule has 25 heavy (non-hydrogen) atoms. The van der Waals surface area contributed by atoms with Crippen LogP contribution in [0.3, 0.4) is 0 Å². The van der Waals surface area contributed by atoms with Gasteiger partial charge in [-0.05, 0) is 36.8 Å².